The lowest BCUT2D eigenvalue weighted by Crippen LogP contribution is -2.38. The quantitative estimate of drug-likeness (QED) is 0.0128. The molecule has 0 saturated heterocycles. The number of benzene rings is 2. The van der Waals surface area contributed by atoms with E-state index in [1.165, 1.54) is 5.56 Å². The summed E-state index contributed by atoms with van der Waals surface area (Å²) in [4.78, 5) is 68.6. The number of anilines is 4. The first kappa shape index (κ1) is 67.2. The highest BCUT2D eigenvalue weighted by atomic mass is 35.5. The van der Waals surface area contributed by atoms with E-state index >= 15 is 0 Å². The molecule has 4 amide bonds. The highest BCUT2D eigenvalue weighted by Crippen LogP contribution is 2.20. The van der Waals surface area contributed by atoms with Crippen LogP contribution in [-0.2, 0) is 41.3 Å². The molecule has 2 aromatic heterocycles. The van der Waals surface area contributed by atoms with E-state index in [1.54, 1.807) is 7.05 Å². The monoisotopic (exact) mass is 1190 g/mol. The third kappa shape index (κ3) is 28.9. The zero-order chi connectivity index (χ0) is 59.0. The van der Waals surface area contributed by atoms with Crippen LogP contribution in [0.2, 0.25) is 10.3 Å². The molecule has 29 heteroatoms. The molecule has 82 heavy (non-hydrogen) atoms. The molecule has 0 radical (unpaired) electrons. The van der Waals surface area contributed by atoms with E-state index in [0.717, 1.165) is 87.8 Å². The summed E-state index contributed by atoms with van der Waals surface area (Å²) in [6.45, 7) is 6.16. The summed E-state index contributed by atoms with van der Waals surface area (Å²) in [5.74, 6) is 0.373. The zero-order valence-corrected chi connectivity index (χ0v) is 47.9. The number of guanidine groups is 1. The van der Waals surface area contributed by atoms with Gasteiger partial charge < -0.3 is 82.1 Å². The fourth-order valence-corrected chi connectivity index (χ4v) is 7.43. The van der Waals surface area contributed by atoms with Gasteiger partial charge in [0.15, 0.2) is 50.9 Å². The summed E-state index contributed by atoms with van der Waals surface area (Å²) in [7, 11) is 1.62. The zero-order valence-electron chi connectivity index (χ0n) is 46.4. The third-order valence-corrected chi connectivity index (χ3v) is 12.0. The Morgan fingerprint density at radius 2 is 0.976 bits per heavy atom. The highest BCUT2D eigenvalue weighted by molar-refractivity contribution is 6.32. The number of rotatable bonds is 42. The lowest BCUT2D eigenvalue weighted by molar-refractivity contribution is 0.0208. The molecule has 0 aliphatic carbocycles. The number of hydrogen-bond acceptors (Lipinski definition) is 22. The lowest BCUT2D eigenvalue weighted by atomic mass is 10.1. The van der Waals surface area contributed by atoms with Crippen LogP contribution in [0.5, 0.6) is 11.5 Å². The van der Waals surface area contributed by atoms with Crippen LogP contribution in [0.15, 0.2) is 53.5 Å². The summed E-state index contributed by atoms with van der Waals surface area (Å²) in [5.41, 5.74) is 24.9. The maximum absolute atomic E-state index is 12.5. The Balaban J connectivity index is 0.828. The van der Waals surface area contributed by atoms with E-state index in [9.17, 15) is 19.2 Å². The van der Waals surface area contributed by atoms with Gasteiger partial charge in [0, 0.05) is 26.7 Å². The number of nitrogens with one attached hydrogen (secondary N) is 6. The molecule has 0 spiro atoms. The van der Waals surface area contributed by atoms with Crippen LogP contribution >= 0.6 is 23.2 Å². The van der Waals surface area contributed by atoms with Crippen LogP contribution in [0.25, 0.3) is 0 Å². The van der Waals surface area contributed by atoms with Gasteiger partial charge in [-0.1, -0.05) is 60.3 Å². The van der Waals surface area contributed by atoms with E-state index in [2.05, 4.69) is 56.8 Å². The van der Waals surface area contributed by atoms with Crippen molar-refractivity contribution in [3.05, 3.63) is 81.4 Å². The van der Waals surface area contributed by atoms with Gasteiger partial charge in [0.2, 0.25) is 0 Å². The maximum Gasteiger partial charge on any atom is 0.407 e. The second kappa shape index (κ2) is 40.8. The summed E-state index contributed by atoms with van der Waals surface area (Å²) in [5, 5.41) is 16.4. The smallest absolute Gasteiger partial charge is 0.407 e. The van der Waals surface area contributed by atoms with Crippen LogP contribution in [0.4, 0.5) is 32.9 Å². The van der Waals surface area contributed by atoms with E-state index in [4.69, 9.17) is 84.0 Å². The maximum atomic E-state index is 12.5. The van der Waals surface area contributed by atoms with E-state index < -0.39 is 24.0 Å². The molecule has 14 N–H and O–H groups in total. The Kier molecular flexibility index (Phi) is 33.5. The first-order valence-corrected chi connectivity index (χ1v) is 27.8. The van der Waals surface area contributed by atoms with Gasteiger partial charge in [-0.25, -0.2) is 29.5 Å². The van der Waals surface area contributed by atoms with Crippen molar-refractivity contribution in [1.29, 1.82) is 0 Å². The predicted octanol–water partition coefficient (Wildman–Crippen LogP) is 4.27. The Labute approximate surface area is 487 Å². The van der Waals surface area contributed by atoms with Gasteiger partial charge in [-0.15, -0.1) is 0 Å². The van der Waals surface area contributed by atoms with Crippen molar-refractivity contribution in [1.82, 2.24) is 46.5 Å². The number of nitrogens with two attached hydrogens (primary N) is 4. The number of aliphatic imine (C=N–C) groups is 1. The fourth-order valence-electron chi connectivity index (χ4n) is 7.18. The first-order chi connectivity index (χ1) is 39.8. The standard InChI is InChI=1S/C53H79Cl2N15O12/c1-60-48-42(67-44(55)47(58)69-48)49(71)65-36-61-20-8-4-10-37-12-16-39(17-13-37)79-32-28-75-24-26-77-30-34-81-52(73)63-22-6-2-3-7-23-64-53(74)82-35-31-78-27-25-76-29-33-80-40-18-14-38(15-19-40)11-5-9-21-62-51(59)70-50(72)41-45(56)68-46(57)43(54)66-41/h12-19,61H,2-11,20-36H2,1H3,(H,63,73)(H,64,74)(H,65,71)(H4,56,57,68)(H3,58,60,69)(H3,59,62,70,72). The third-order valence-electron chi connectivity index (χ3n) is 11.4. The van der Waals surface area contributed by atoms with Crippen LogP contribution in [-0.4, -0.2) is 169 Å². The topological polar surface area (TPSA) is 382 Å². The molecule has 0 aliphatic heterocycles. The number of nitrogens with zero attached hydrogens (tertiary/aromatic N) is 5. The van der Waals surface area contributed by atoms with Gasteiger partial charge in [0.05, 0.1) is 59.5 Å². The van der Waals surface area contributed by atoms with Gasteiger partial charge >= 0.3 is 12.2 Å². The number of aryl methyl sites for hydroxylation is 2. The predicted molar refractivity (Wildman–Crippen MR) is 311 cm³/mol. The van der Waals surface area contributed by atoms with Crippen LogP contribution < -0.4 is 64.3 Å². The Bertz CT molecular complexity index is 2540. The van der Waals surface area contributed by atoms with E-state index in [0.29, 0.717) is 72.5 Å². The second-order valence-electron chi connectivity index (χ2n) is 17.8. The average molecular weight is 1190 g/mol. The summed E-state index contributed by atoms with van der Waals surface area (Å²) >= 11 is 11.7. The van der Waals surface area contributed by atoms with Gasteiger partial charge in [0.25, 0.3) is 11.8 Å². The average Bonchev–Trinajstić information content (AvgIpc) is 3.67. The molecule has 0 aliphatic rings. The molecule has 0 bridgehead atoms. The SMILES string of the molecule is CNc1nc(N)c(Cl)nc1C(=O)NCNCCCCc1ccc(OCCOCCOCCOC(=O)NCCCCCCNC(=O)OCCOCCOCCOc2ccc(CCCCN=C(N)NC(=O)c3nc(Cl)c(N)nc3N)cc2)cc1. The molecule has 2 aromatic carbocycles. The van der Waals surface area contributed by atoms with Crippen molar-refractivity contribution in [2.45, 2.75) is 64.2 Å². The number of carbonyl (C=O) groups is 4. The molecule has 452 valence electrons. The van der Waals surface area contributed by atoms with Gasteiger partial charge in [-0.3, -0.25) is 25.2 Å². The summed E-state index contributed by atoms with van der Waals surface area (Å²) in [6.07, 6.45) is 7.54. The number of alkyl carbamates (subject to hydrolysis) is 2. The number of nitrogen functional groups attached to an aromatic ring is 3. The van der Waals surface area contributed by atoms with Crippen molar-refractivity contribution < 1.29 is 57.1 Å². The van der Waals surface area contributed by atoms with Gasteiger partial charge in [-0.2, -0.15) is 0 Å². The van der Waals surface area contributed by atoms with Crippen LogP contribution in [0.3, 0.4) is 0 Å². The fraction of sp³-hybridized carbons (Fsp3) is 0.528. The minimum absolute atomic E-state index is 0.0251. The van der Waals surface area contributed by atoms with Crippen molar-refractivity contribution in [3.63, 3.8) is 0 Å². The summed E-state index contributed by atoms with van der Waals surface area (Å²) < 4.78 is 43.9. The van der Waals surface area contributed by atoms with Gasteiger partial charge in [-0.05, 0) is 93.3 Å². The molecular weight excluding hydrogens is 1110 g/mol. The van der Waals surface area contributed by atoms with Crippen molar-refractivity contribution in [3.8, 4) is 11.5 Å². The molecule has 0 unspecified atom stereocenters. The minimum Gasteiger partial charge on any atom is -0.491 e. The molecule has 27 nitrogen and oxygen atoms in total. The number of halogens is 2. The number of hydrogen-bond donors (Lipinski definition) is 10. The van der Waals surface area contributed by atoms with Crippen molar-refractivity contribution >= 4 is 76.4 Å². The highest BCUT2D eigenvalue weighted by Gasteiger charge is 2.18. The molecule has 4 aromatic rings. The Morgan fingerprint density at radius 3 is 1.50 bits per heavy atom. The van der Waals surface area contributed by atoms with Gasteiger partial charge in [0.1, 0.15) is 37.9 Å². The normalized spacial score (nSPS) is 11.2. The molecule has 0 saturated carbocycles. The molecule has 0 fully saturated rings. The number of unbranched alkanes of at least 4 members (excludes halogenated alkanes) is 5. The second-order valence-corrected chi connectivity index (χ2v) is 18.5. The molecule has 0 atom stereocenters. The van der Waals surface area contributed by atoms with E-state index in [-0.39, 0.29) is 84.0 Å². The molecular formula is C53H79Cl2N15O12. The van der Waals surface area contributed by atoms with Crippen molar-refractivity contribution in [2.24, 2.45) is 10.7 Å². The number of ether oxygens (including phenoxy) is 8. The Hall–Kier alpha value is -7.27. The summed E-state index contributed by atoms with van der Waals surface area (Å²) in [6, 6.07) is 15.8. The number of amides is 4. The number of carbonyl (C=O) groups excluding carboxylic acids is 4. The number of aromatic nitrogens is 4. The lowest BCUT2D eigenvalue weighted by Gasteiger charge is -2.11. The van der Waals surface area contributed by atoms with Crippen molar-refractivity contribution in [2.75, 3.05) is 142 Å². The van der Waals surface area contributed by atoms with Crippen LogP contribution in [0.1, 0.15) is 83.5 Å². The largest absolute Gasteiger partial charge is 0.491 e. The Morgan fingerprint density at radius 1 is 0.512 bits per heavy atom. The van der Waals surface area contributed by atoms with Crippen LogP contribution in [0, 0.1) is 0 Å². The molecule has 4 rings (SSSR count). The van der Waals surface area contributed by atoms with E-state index in [1.807, 2.05) is 48.5 Å². The molecule has 2 heterocycles. The minimum atomic E-state index is -0.687. The first-order valence-electron chi connectivity index (χ1n) is 27.1.